The third kappa shape index (κ3) is 5.11. The van der Waals surface area contributed by atoms with Crippen LogP contribution in [-0.4, -0.2) is 59.7 Å². The van der Waals surface area contributed by atoms with Gasteiger partial charge in [0.15, 0.2) is 11.9 Å². The summed E-state index contributed by atoms with van der Waals surface area (Å²) >= 11 is 1.29. The summed E-state index contributed by atoms with van der Waals surface area (Å²) in [7, 11) is 3.07. The molecule has 2 atom stereocenters. The number of aryl methyl sites for hydroxylation is 1. The van der Waals surface area contributed by atoms with Gasteiger partial charge in [-0.15, -0.1) is 15.3 Å². The Kier molecular flexibility index (Phi) is 6.76. The van der Waals surface area contributed by atoms with E-state index in [-0.39, 0.29) is 11.9 Å². The lowest BCUT2D eigenvalue weighted by Crippen LogP contribution is -2.26. The van der Waals surface area contributed by atoms with Crippen LogP contribution in [0.15, 0.2) is 36.4 Å². The van der Waals surface area contributed by atoms with E-state index in [0.717, 1.165) is 31.0 Å². The summed E-state index contributed by atoms with van der Waals surface area (Å²) in [5, 5.41) is 23.9. The van der Waals surface area contributed by atoms with Gasteiger partial charge in [0.2, 0.25) is 10.3 Å². The number of nitrogens with zero attached hydrogens (tertiary/aromatic N) is 5. The maximum absolute atomic E-state index is 12.7. The average molecular weight is 456 g/mol. The van der Waals surface area contributed by atoms with Crippen LogP contribution >= 0.6 is 11.3 Å². The van der Waals surface area contributed by atoms with Crippen molar-refractivity contribution in [2.75, 3.05) is 42.8 Å². The SMILES string of the molecule is COc1cccc(C(OC)C(=O)Nc2nnc(N[C@@H]3CCN(c4ccc(C)nn4)C3)s2)c1. The lowest BCUT2D eigenvalue weighted by atomic mass is 10.1. The molecule has 0 bridgehead atoms. The number of aromatic nitrogens is 4. The summed E-state index contributed by atoms with van der Waals surface area (Å²) < 4.78 is 10.6. The van der Waals surface area contributed by atoms with Gasteiger partial charge in [0, 0.05) is 26.2 Å². The summed E-state index contributed by atoms with van der Waals surface area (Å²) in [5.41, 5.74) is 1.59. The quantitative estimate of drug-likeness (QED) is 0.529. The van der Waals surface area contributed by atoms with Crippen LogP contribution in [0.3, 0.4) is 0 Å². The lowest BCUT2D eigenvalue weighted by molar-refractivity contribution is -0.126. The molecule has 2 N–H and O–H groups in total. The minimum absolute atomic E-state index is 0.207. The first-order chi connectivity index (χ1) is 15.6. The van der Waals surface area contributed by atoms with Gasteiger partial charge in [-0.3, -0.25) is 10.1 Å². The van der Waals surface area contributed by atoms with Crippen molar-refractivity contribution < 1.29 is 14.3 Å². The Bertz CT molecular complexity index is 1060. The van der Waals surface area contributed by atoms with E-state index < -0.39 is 6.10 Å². The van der Waals surface area contributed by atoms with E-state index in [9.17, 15) is 4.79 Å². The molecule has 1 unspecified atom stereocenters. The molecule has 3 heterocycles. The molecule has 1 fully saturated rings. The van der Waals surface area contributed by atoms with Crippen molar-refractivity contribution in [3.8, 4) is 5.75 Å². The Hall–Kier alpha value is -3.31. The van der Waals surface area contributed by atoms with Crippen molar-refractivity contribution in [3.05, 3.63) is 47.7 Å². The number of methoxy groups -OCH3 is 2. The zero-order valence-corrected chi connectivity index (χ0v) is 18.9. The largest absolute Gasteiger partial charge is 0.497 e. The number of nitrogens with one attached hydrogen (secondary N) is 2. The van der Waals surface area contributed by atoms with Crippen LogP contribution < -0.4 is 20.3 Å². The second-order valence-electron chi connectivity index (χ2n) is 7.40. The van der Waals surface area contributed by atoms with Crippen LogP contribution in [0, 0.1) is 6.92 Å². The molecule has 3 aromatic rings. The Morgan fingerprint density at radius 3 is 2.75 bits per heavy atom. The highest BCUT2D eigenvalue weighted by Crippen LogP contribution is 2.27. The Morgan fingerprint density at radius 2 is 2.00 bits per heavy atom. The first kappa shape index (κ1) is 21.9. The van der Waals surface area contributed by atoms with Gasteiger partial charge in [0.05, 0.1) is 12.8 Å². The number of rotatable bonds is 8. The van der Waals surface area contributed by atoms with Crippen LogP contribution in [-0.2, 0) is 9.53 Å². The first-order valence-corrected chi connectivity index (χ1v) is 11.0. The van der Waals surface area contributed by atoms with E-state index in [1.807, 2.05) is 37.3 Å². The molecule has 1 amide bonds. The van der Waals surface area contributed by atoms with Crippen molar-refractivity contribution in [3.63, 3.8) is 0 Å². The molecule has 32 heavy (non-hydrogen) atoms. The summed E-state index contributed by atoms with van der Waals surface area (Å²) in [4.78, 5) is 14.9. The molecule has 2 aromatic heterocycles. The van der Waals surface area contributed by atoms with Crippen molar-refractivity contribution in [1.29, 1.82) is 0 Å². The summed E-state index contributed by atoms with van der Waals surface area (Å²) in [6.07, 6.45) is 0.155. The molecule has 0 radical (unpaired) electrons. The highest BCUT2D eigenvalue weighted by molar-refractivity contribution is 7.19. The zero-order valence-electron chi connectivity index (χ0n) is 18.1. The topological polar surface area (TPSA) is 114 Å². The van der Waals surface area contributed by atoms with E-state index >= 15 is 0 Å². The van der Waals surface area contributed by atoms with E-state index in [1.165, 1.54) is 18.4 Å². The van der Waals surface area contributed by atoms with E-state index in [2.05, 4.69) is 35.9 Å². The maximum Gasteiger partial charge on any atom is 0.259 e. The summed E-state index contributed by atoms with van der Waals surface area (Å²) in [5.74, 6) is 1.20. The van der Waals surface area contributed by atoms with Crippen LogP contribution in [0.2, 0.25) is 0 Å². The number of ether oxygens (including phenoxy) is 2. The van der Waals surface area contributed by atoms with Gasteiger partial charge in [-0.05, 0) is 43.2 Å². The van der Waals surface area contributed by atoms with Gasteiger partial charge in [-0.2, -0.15) is 5.10 Å². The number of hydrogen-bond donors (Lipinski definition) is 2. The number of amides is 1. The third-order valence-electron chi connectivity index (χ3n) is 5.15. The smallest absolute Gasteiger partial charge is 0.259 e. The predicted molar refractivity (Wildman–Crippen MR) is 122 cm³/mol. The molecule has 1 saturated heterocycles. The minimum Gasteiger partial charge on any atom is -0.497 e. The van der Waals surface area contributed by atoms with Crippen molar-refractivity contribution in [2.24, 2.45) is 0 Å². The Labute approximate surface area is 190 Å². The van der Waals surface area contributed by atoms with Crippen LogP contribution in [0.1, 0.15) is 23.8 Å². The number of carbonyl (C=O) groups excluding carboxylic acids is 1. The van der Waals surface area contributed by atoms with E-state index in [4.69, 9.17) is 9.47 Å². The number of benzene rings is 1. The first-order valence-electron chi connectivity index (χ1n) is 10.2. The third-order valence-corrected chi connectivity index (χ3v) is 5.92. The standard InChI is InChI=1S/C21H25N7O3S/c1-13-7-8-17(25-24-13)28-10-9-15(12-28)22-20-26-27-21(32-20)23-19(29)18(31-3)14-5-4-6-16(11-14)30-2/h4-8,11,15,18H,9-10,12H2,1-3H3,(H,22,26)(H,23,27,29)/t15-,18?/m1/s1. The van der Waals surface area contributed by atoms with Crippen molar-refractivity contribution in [1.82, 2.24) is 20.4 Å². The highest BCUT2D eigenvalue weighted by atomic mass is 32.1. The van der Waals surface area contributed by atoms with Crippen LogP contribution in [0.5, 0.6) is 5.75 Å². The van der Waals surface area contributed by atoms with Gasteiger partial charge in [-0.25, -0.2) is 0 Å². The Balaban J connectivity index is 1.34. The molecular weight excluding hydrogens is 430 g/mol. The molecule has 168 valence electrons. The molecule has 1 aliphatic rings. The predicted octanol–water partition coefficient (Wildman–Crippen LogP) is 2.66. The molecule has 11 heteroatoms. The normalized spacial score (nSPS) is 16.6. The lowest BCUT2D eigenvalue weighted by Gasteiger charge is -2.17. The zero-order chi connectivity index (χ0) is 22.5. The van der Waals surface area contributed by atoms with Gasteiger partial charge >= 0.3 is 0 Å². The van der Waals surface area contributed by atoms with Crippen molar-refractivity contribution >= 4 is 33.3 Å². The number of hydrogen-bond acceptors (Lipinski definition) is 10. The maximum atomic E-state index is 12.7. The molecular formula is C21H25N7O3S. The molecule has 1 aliphatic heterocycles. The van der Waals surface area contributed by atoms with Crippen molar-refractivity contribution in [2.45, 2.75) is 25.5 Å². The fourth-order valence-electron chi connectivity index (χ4n) is 3.52. The van der Waals surface area contributed by atoms with Crippen LogP contribution in [0.25, 0.3) is 0 Å². The van der Waals surface area contributed by atoms with Gasteiger partial charge in [0.25, 0.3) is 5.91 Å². The monoisotopic (exact) mass is 455 g/mol. The second-order valence-corrected chi connectivity index (χ2v) is 8.38. The Morgan fingerprint density at radius 1 is 1.16 bits per heavy atom. The molecule has 1 aromatic carbocycles. The van der Waals surface area contributed by atoms with E-state index in [1.54, 1.807) is 13.2 Å². The summed E-state index contributed by atoms with van der Waals surface area (Å²) in [6.45, 7) is 3.59. The number of anilines is 3. The highest BCUT2D eigenvalue weighted by Gasteiger charge is 2.26. The fraction of sp³-hybridized carbons (Fsp3) is 0.381. The molecule has 0 spiro atoms. The van der Waals surface area contributed by atoms with Gasteiger partial charge in [-0.1, -0.05) is 23.5 Å². The van der Waals surface area contributed by atoms with Crippen LogP contribution in [0.4, 0.5) is 16.1 Å². The fourth-order valence-corrected chi connectivity index (χ4v) is 4.25. The molecule has 10 nitrogen and oxygen atoms in total. The van der Waals surface area contributed by atoms with E-state index in [0.29, 0.717) is 21.6 Å². The van der Waals surface area contributed by atoms with Gasteiger partial charge in [0.1, 0.15) is 5.75 Å². The summed E-state index contributed by atoms with van der Waals surface area (Å²) in [6, 6.07) is 11.4. The number of carbonyl (C=O) groups is 1. The second kappa shape index (κ2) is 9.88. The minimum atomic E-state index is -0.788. The average Bonchev–Trinajstić information content (AvgIpc) is 3.45. The van der Waals surface area contributed by atoms with Gasteiger partial charge < -0.3 is 19.7 Å². The molecule has 4 rings (SSSR count). The molecule has 0 aliphatic carbocycles. The molecule has 0 saturated carbocycles.